The summed E-state index contributed by atoms with van der Waals surface area (Å²) < 4.78 is 0. The summed E-state index contributed by atoms with van der Waals surface area (Å²) in [4.78, 5) is 21.9. The highest BCUT2D eigenvalue weighted by Gasteiger charge is 2.20. The number of rotatable bonds is 4. The zero-order valence-corrected chi connectivity index (χ0v) is 9.34. The van der Waals surface area contributed by atoms with Crippen LogP contribution < -0.4 is 5.32 Å². The lowest BCUT2D eigenvalue weighted by Gasteiger charge is -2.10. The van der Waals surface area contributed by atoms with Crippen LogP contribution in [0.3, 0.4) is 0 Å². The molecule has 0 aliphatic carbocycles. The van der Waals surface area contributed by atoms with E-state index in [1.807, 2.05) is 6.92 Å². The van der Waals surface area contributed by atoms with Crippen molar-refractivity contribution in [1.29, 1.82) is 0 Å². The second-order valence-electron chi connectivity index (χ2n) is 3.38. The van der Waals surface area contributed by atoms with E-state index in [0.717, 1.165) is 0 Å². The van der Waals surface area contributed by atoms with Crippen molar-refractivity contribution in [3.05, 3.63) is 39.9 Å². The number of nitrogens with one attached hydrogen (secondary N) is 1. The summed E-state index contributed by atoms with van der Waals surface area (Å²) in [7, 11) is 0. The molecule has 88 valence electrons. The highest BCUT2D eigenvalue weighted by atomic mass is 16.6. The van der Waals surface area contributed by atoms with Crippen molar-refractivity contribution in [3.8, 4) is 12.3 Å². The summed E-state index contributed by atoms with van der Waals surface area (Å²) in [5.74, 6) is 1.87. The van der Waals surface area contributed by atoms with Crippen molar-refractivity contribution < 1.29 is 9.72 Å². The van der Waals surface area contributed by atoms with Crippen LogP contribution in [0.5, 0.6) is 0 Å². The Morgan fingerprint density at radius 2 is 2.24 bits per heavy atom. The van der Waals surface area contributed by atoms with E-state index >= 15 is 0 Å². The molecule has 1 N–H and O–H groups in total. The second-order valence-corrected chi connectivity index (χ2v) is 3.38. The van der Waals surface area contributed by atoms with E-state index in [2.05, 4.69) is 11.2 Å². The molecule has 17 heavy (non-hydrogen) atoms. The Labute approximate surface area is 99.0 Å². The first kappa shape index (κ1) is 12.7. The molecule has 5 nitrogen and oxygen atoms in total. The van der Waals surface area contributed by atoms with Crippen molar-refractivity contribution >= 4 is 11.6 Å². The van der Waals surface area contributed by atoms with Gasteiger partial charge < -0.3 is 5.32 Å². The number of nitro benzene ring substituents is 1. The van der Waals surface area contributed by atoms with Crippen LogP contribution in [0, 0.1) is 22.5 Å². The first-order valence-electron chi connectivity index (χ1n) is 5.10. The van der Waals surface area contributed by atoms with E-state index in [1.54, 1.807) is 6.07 Å². The van der Waals surface area contributed by atoms with E-state index in [-0.39, 0.29) is 11.3 Å². The topological polar surface area (TPSA) is 72.2 Å². The lowest BCUT2D eigenvalue weighted by Crippen LogP contribution is -2.33. The van der Waals surface area contributed by atoms with Crippen LogP contribution >= 0.6 is 0 Å². The average Bonchev–Trinajstić information content (AvgIpc) is 2.35. The predicted molar refractivity (Wildman–Crippen MR) is 63.5 cm³/mol. The molecule has 0 spiro atoms. The van der Waals surface area contributed by atoms with Crippen LogP contribution in [-0.2, 0) is 0 Å². The fraction of sp³-hybridized carbons (Fsp3) is 0.250. The van der Waals surface area contributed by atoms with Gasteiger partial charge in [0.25, 0.3) is 11.6 Å². The van der Waals surface area contributed by atoms with Crippen molar-refractivity contribution in [2.24, 2.45) is 0 Å². The van der Waals surface area contributed by atoms with E-state index in [0.29, 0.717) is 6.42 Å². The lowest BCUT2D eigenvalue weighted by atomic mass is 10.1. The minimum atomic E-state index is -0.592. The molecule has 0 fully saturated rings. The maximum atomic E-state index is 11.8. The third kappa shape index (κ3) is 3.05. The van der Waals surface area contributed by atoms with Crippen LogP contribution in [-0.4, -0.2) is 16.9 Å². The molecule has 5 heteroatoms. The standard InChI is InChI=1S/C12H12N2O3/c1-3-9(4-2)13-12(15)10-7-5-6-8-11(10)14(16)17/h1,5-9H,4H2,2H3,(H,13,15). The normalized spacial score (nSPS) is 11.3. The van der Waals surface area contributed by atoms with Crippen molar-refractivity contribution in [1.82, 2.24) is 5.32 Å². The molecular formula is C12H12N2O3. The fourth-order valence-corrected chi connectivity index (χ4v) is 1.32. The summed E-state index contributed by atoms with van der Waals surface area (Å²) in [5.41, 5.74) is -0.205. The zero-order chi connectivity index (χ0) is 12.8. The minimum Gasteiger partial charge on any atom is -0.338 e. The van der Waals surface area contributed by atoms with Gasteiger partial charge in [0.2, 0.25) is 0 Å². The number of para-hydroxylation sites is 1. The summed E-state index contributed by atoms with van der Waals surface area (Å²) in [5, 5.41) is 13.3. The van der Waals surface area contributed by atoms with Crippen molar-refractivity contribution in [3.63, 3.8) is 0 Å². The van der Waals surface area contributed by atoms with Gasteiger partial charge in [0.05, 0.1) is 11.0 Å². The van der Waals surface area contributed by atoms with Gasteiger partial charge in [-0.3, -0.25) is 14.9 Å². The molecule has 0 aliphatic rings. The van der Waals surface area contributed by atoms with Gasteiger partial charge in [0, 0.05) is 6.07 Å². The van der Waals surface area contributed by atoms with Gasteiger partial charge in [-0.25, -0.2) is 0 Å². The monoisotopic (exact) mass is 232 g/mol. The number of terminal acetylenes is 1. The molecule has 0 radical (unpaired) electrons. The van der Waals surface area contributed by atoms with Crippen LogP contribution in [0.25, 0.3) is 0 Å². The Morgan fingerprint density at radius 3 is 2.76 bits per heavy atom. The molecule has 1 amide bonds. The van der Waals surface area contributed by atoms with E-state index in [9.17, 15) is 14.9 Å². The van der Waals surface area contributed by atoms with Gasteiger partial charge in [-0.1, -0.05) is 25.0 Å². The maximum absolute atomic E-state index is 11.8. The molecule has 0 saturated heterocycles. The van der Waals surface area contributed by atoms with Crippen LogP contribution in [0.4, 0.5) is 5.69 Å². The molecule has 1 atom stereocenters. The molecule has 1 aromatic carbocycles. The number of nitrogens with zero attached hydrogens (tertiary/aromatic N) is 1. The molecule has 0 heterocycles. The Bertz CT molecular complexity index is 477. The maximum Gasteiger partial charge on any atom is 0.282 e. The number of amides is 1. The van der Waals surface area contributed by atoms with Crippen LogP contribution in [0.1, 0.15) is 23.7 Å². The first-order chi connectivity index (χ1) is 8.10. The SMILES string of the molecule is C#CC(CC)NC(=O)c1ccccc1[N+](=O)[O-]. The first-order valence-corrected chi connectivity index (χ1v) is 5.10. The molecule has 1 rings (SSSR count). The predicted octanol–water partition coefficient (Wildman–Crippen LogP) is 1.74. The molecule has 0 aliphatic heterocycles. The number of carbonyl (C=O) groups is 1. The molecule has 0 saturated carbocycles. The second kappa shape index (κ2) is 5.66. The Hall–Kier alpha value is -2.35. The van der Waals surface area contributed by atoms with Gasteiger partial charge in [-0.15, -0.1) is 6.42 Å². The molecule has 0 bridgehead atoms. The number of carbonyl (C=O) groups excluding carboxylic acids is 1. The van der Waals surface area contributed by atoms with Crippen molar-refractivity contribution in [2.75, 3.05) is 0 Å². The largest absolute Gasteiger partial charge is 0.338 e. The molecule has 1 aromatic rings. The summed E-state index contributed by atoms with van der Waals surface area (Å²) in [6.07, 6.45) is 5.78. The van der Waals surface area contributed by atoms with Gasteiger partial charge in [-0.2, -0.15) is 0 Å². The molecular weight excluding hydrogens is 220 g/mol. The molecule has 1 unspecified atom stereocenters. The summed E-state index contributed by atoms with van der Waals surface area (Å²) in [6.45, 7) is 1.82. The zero-order valence-electron chi connectivity index (χ0n) is 9.34. The van der Waals surface area contributed by atoms with Gasteiger partial charge >= 0.3 is 0 Å². The molecule has 0 aromatic heterocycles. The number of nitro groups is 1. The quantitative estimate of drug-likeness (QED) is 0.488. The number of hydrogen-bond donors (Lipinski definition) is 1. The van der Waals surface area contributed by atoms with Gasteiger partial charge in [0.15, 0.2) is 0 Å². The fourth-order valence-electron chi connectivity index (χ4n) is 1.32. The summed E-state index contributed by atoms with van der Waals surface area (Å²) >= 11 is 0. The summed E-state index contributed by atoms with van der Waals surface area (Å²) in [6, 6.07) is 5.34. The van der Waals surface area contributed by atoms with E-state index < -0.39 is 16.9 Å². The minimum absolute atomic E-state index is 0.0196. The highest BCUT2D eigenvalue weighted by molar-refractivity contribution is 5.98. The average molecular weight is 232 g/mol. The lowest BCUT2D eigenvalue weighted by molar-refractivity contribution is -0.385. The Morgan fingerprint density at radius 1 is 1.59 bits per heavy atom. The van der Waals surface area contributed by atoms with Crippen LogP contribution in [0.15, 0.2) is 24.3 Å². The van der Waals surface area contributed by atoms with Crippen molar-refractivity contribution in [2.45, 2.75) is 19.4 Å². The van der Waals surface area contributed by atoms with E-state index in [1.165, 1.54) is 18.2 Å². The number of benzene rings is 1. The third-order valence-electron chi connectivity index (χ3n) is 2.26. The smallest absolute Gasteiger partial charge is 0.282 e. The Balaban J connectivity index is 2.97. The van der Waals surface area contributed by atoms with Crippen LogP contribution in [0.2, 0.25) is 0 Å². The van der Waals surface area contributed by atoms with Gasteiger partial charge in [-0.05, 0) is 12.5 Å². The van der Waals surface area contributed by atoms with Gasteiger partial charge in [0.1, 0.15) is 5.56 Å². The van der Waals surface area contributed by atoms with E-state index in [4.69, 9.17) is 6.42 Å². The third-order valence-corrected chi connectivity index (χ3v) is 2.26. The Kier molecular flexibility index (Phi) is 4.23. The number of hydrogen-bond acceptors (Lipinski definition) is 3. The highest BCUT2D eigenvalue weighted by Crippen LogP contribution is 2.17.